The lowest BCUT2D eigenvalue weighted by Gasteiger charge is -1.97. The number of thiazole rings is 2. The molecule has 8 aromatic rings. The van der Waals surface area contributed by atoms with E-state index in [1.54, 1.807) is 45.3 Å². The molecule has 180 valence electrons. The predicted molar refractivity (Wildman–Crippen MR) is 163 cm³/mol. The fourth-order valence-electron chi connectivity index (χ4n) is 4.55. The van der Waals surface area contributed by atoms with Gasteiger partial charge in [-0.3, -0.25) is 9.97 Å². The molecule has 0 saturated carbocycles. The maximum absolute atomic E-state index is 5.01. The van der Waals surface area contributed by atoms with Crippen molar-refractivity contribution < 1.29 is 0 Å². The van der Waals surface area contributed by atoms with Crippen LogP contribution in [0, 0.1) is 0 Å². The standard InChI is InChI=1S/C30H16N4S4/c1-3-25(35-23(1)17-5-9-31-10-6-17)29-33-21-13-19-16-28-22(14-20(19)15-27(21)37-29)34-30(38-28)26-4-2-24(36-26)18-7-11-32-12-8-18/h1-16H. The minimum atomic E-state index is 1.04. The van der Waals surface area contributed by atoms with Gasteiger partial charge in [-0.15, -0.1) is 45.3 Å². The Morgan fingerprint density at radius 2 is 0.842 bits per heavy atom. The van der Waals surface area contributed by atoms with Crippen molar-refractivity contribution in [2.24, 2.45) is 0 Å². The molecule has 4 nitrogen and oxygen atoms in total. The Bertz CT molecular complexity index is 1870. The molecule has 38 heavy (non-hydrogen) atoms. The Labute approximate surface area is 233 Å². The van der Waals surface area contributed by atoms with Crippen LogP contribution >= 0.6 is 45.3 Å². The number of hydrogen-bond donors (Lipinski definition) is 0. The van der Waals surface area contributed by atoms with Crippen LogP contribution < -0.4 is 0 Å². The fraction of sp³-hybridized carbons (Fsp3) is 0. The lowest BCUT2D eigenvalue weighted by molar-refractivity contribution is 1.33. The molecular weight excluding hydrogens is 545 g/mol. The van der Waals surface area contributed by atoms with Gasteiger partial charge in [0.2, 0.25) is 0 Å². The van der Waals surface area contributed by atoms with Crippen molar-refractivity contribution in [1.82, 2.24) is 19.9 Å². The maximum atomic E-state index is 5.01. The summed E-state index contributed by atoms with van der Waals surface area (Å²) >= 11 is 7.04. The second-order valence-electron chi connectivity index (χ2n) is 8.82. The molecule has 6 heterocycles. The number of rotatable bonds is 4. The zero-order valence-electron chi connectivity index (χ0n) is 19.7. The fourth-order valence-corrected chi connectivity index (χ4v) is 8.68. The summed E-state index contributed by atoms with van der Waals surface area (Å²) in [6.07, 6.45) is 7.34. The quantitative estimate of drug-likeness (QED) is 0.215. The van der Waals surface area contributed by atoms with E-state index in [0.29, 0.717) is 0 Å². The zero-order valence-corrected chi connectivity index (χ0v) is 22.9. The highest BCUT2D eigenvalue weighted by molar-refractivity contribution is 7.27. The first-order valence-corrected chi connectivity index (χ1v) is 15.2. The summed E-state index contributed by atoms with van der Waals surface area (Å²) in [4.78, 5) is 23.1. The topological polar surface area (TPSA) is 51.6 Å². The van der Waals surface area contributed by atoms with Gasteiger partial charge in [0.25, 0.3) is 0 Å². The third-order valence-electron chi connectivity index (χ3n) is 6.42. The summed E-state index contributed by atoms with van der Waals surface area (Å²) in [7, 11) is 0. The molecule has 0 aliphatic rings. The van der Waals surface area contributed by atoms with Crippen molar-refractivity contribution in [1.29, 1.82) is 0 Å². The number of benzene rings is 2. The van der Waals surface area contributed by atoms with Gasteiger partial charge in [-0.1, -0.05) is 0 Å². The molecular formula is C30H16N4S4. The number of nitrogens with zero attached hydrogens (tertiary/aromatic N) is 4. The Kier molecular flexibility index (Phi) is 5.19. The van der Waals surface area contributed by atoms with Gasteiger partial charge < -0.3 is 0 Å². The highest BCUT2D eigenvalue weighted by Crippen LogP contribution is 2.41. The molecule has 8 rings (SSSR count). The van der Waals surface area contributed by atoms with Crippen molar-refractivity contribution in [3.05, 3.63) is 97.6 Å². The van der Waals surface area contributed by atoms with Crippen LogP contribution in [0.2, 0.25) is 0 Å². The van der Waals surface area contributed by atoms with Crippen LogP contribution in [0.25, 0.3) is 71.9 Å². The molecule has 8 heteroatoms. The summed E-state index contributed by atoms with van der Waals surface area (Å²) in [5.41, 5.74) is 4.46. The van der Waals surface area contributed by atoms with Gasteiger partial charge in [0.1, 0.15) is 10.0 Å². The summed E-state index contributed by atoms with van der Waals surface area (Å²) in [5.74, 6) is 0. The molecule has 0 N–H and O–H groups in total. The monoisotopic (exact) mass is 560 g/mol. The summed E-state index contributed by atoms with van der Waals surface area (Å²) in [6, 6.07) is 25.8. The van der Waals surface area contributed by atoms with E-state index in [1.807, 2.05) is 49.1 Å². The van der Waals surface area contributed by atoms with Crippen LogP contribution in [0.15, 0.2) is 97.6 Å². The number of thiophene rings is 2. The van der Waals surface area contributed by atoms with E-state index in [9.17, 15) is 0 Å². The number of aromatic nitrogens is 4. The maximum Gasteiger partial charge on any atom is 0.134 e. The first-order valence-electron chi connectivity index (χ1n) is 11.9. The highest BCUT2D eigenvalue weighted by Gasteiger charge is 2.14. The van der Waals surface area contributed by atoms with Gasteiger partial charge in [-0.05, 0) is 94.7 Å². The Hall–Kier alpha value is -3.82. The average molecular weight is 561 g/mol. The zero-order chi connectivity index (χ0) is 25.1. The van der Waals surface area contributed by atoms with Gasteiger partial charge in [0, 0.05) is 34.5 Å². The van der Waals surface area contributed by atoms with E-state index in [4.69, 9.17) is 9.97 Å². The van der Waals surface area contributed by atoms with Crippen molar-refractivity contribution in [2.75, 3.05) is 0 Å². The van der Waals surface area contributed by atoms with E-state index in [-0.39, 0.29) is 0 Å². The third kappa shape index (κ3) is 3.85. The van der Waals surface area contributed by atoms with E-state index in [2.05, 4.69) is 58.5 Å². The van der Waals surface area contributed by atoms with Gasteiger partial charge in [-0.2, -0.15) is 0 Å². The van der Waals surface area contributed by atoms with Gasteiger partial charge in [-0.25, -0.2) is 9.97 Å². The molecule has 0 unspecified atom stereocenters. The van der Waals surface area contributed by atoms with Crippen LogP contribution in [-0.4, -0.2) is 19.9 Å². The number of fused-ring (bicyclic) bond motifs is 3. The van der Waals surface area contributed by atoms with Crippen LogP contribution in [0.5, 0.6) is 0 Å². The molecule has 0 aliphatic carbocycles. The lowest BCUT2D eigenvalue weighted by Crippen LogP contribution is -1.76. The minimum Gasteiger partial charge on any atom is -0.265 e. The Balaban J connectivity index is 1.15. The minimum absolute atomic E-state index is 1.04. The largest absolute Gasteiger partial charge is 0.265 e. The molecule has 0 spiro atoms. The average Bonchev–Trinajstić information content (AvgIpc) is 3.76. The van der Waals surface area contributed by atoms with Crippen LogP contribution in [0.3, 0.4) is 0 Å². The predicted octanol–water partition coefficient (Wildman–Crippen LogP) is 9.64. The molecule has 0 amide bonds. The molecule has 0 atom stereocenters. The van der Waals surface area contributed by atoms with Gasteiger partial charge in [0.15, 0.2) is 0 Å². The molecule has 0 bridgehead atoms. The van der Waals surface area contributed by atoms with E-state index in [1.165, 1.54) is 50.8 Å². The van der Waals surface area contributed by atoms with E-state index < -0.39 is 0 Å². The highest BCUT2D eigenvalue weighted by atomic mass is 32.1. The summed E-state index contributed by atoms with van der Waals surface area (Å²) in [6.45, 7) is 0. The Morgan fingerprint density at radius 1 is 0.421 bits per heavy atom. The molecule has 0 aliphatic heterocycles. The summed E-state index contributed by atoms with van der Waals surface area (Å²) in [5, 5.41) is 4.52. The van der Waals surface area contributed by atoms with Crippen molar-refractivity contribution in [3.63, 3.8) is 0 Å². The van der Waals surface area contributed by atoms with Gasteiger partial charge >= 0.3 is 0 Å². The van der Waals surface area contributed by atoms with Crippen molar-refractivity contribution >= 4 is 76.6 Å². The second kappa shape index (κ2) is 8.89. The van der Waals surface area contributed by atoms with E-state index >= 15 is 0 Å². The van der Waals surface area contributed by atoms with Crippen molar-refractivity contribution in [3.8, 4) is 40.7 Å². The Morgan fingerprint density at radius 3 is 1.29 bits per heavy atom. The SMILES string of the molecule is c1cc(-c2ccc(-c3nc4cc5cc6sc(-c7ccc(-c8ccncc8)s7)nc6cc5cc4s3)s2)ccn1. The number of pyridine rings is 2. The van der Waals surface area contributed by atoms with E-state index in [0.717, 1.165) is 21.0 Å². The first kappa shape index (κ1) is 22.2. The van der Waals surface area contributed by atoms with Crippen LogP contribution in [0.4, 0.5) is 0 Å². The molecule has 6 aromatic heterocycles. The normalized spacial score (nSPS) is 11.7. The molecule has 2 aromatic carbocycles. The first-order chi connectivity index (χ1) is 18.8. The third-order valence-corrected chi connectivity index (χ3v) is 11.1. The van der Waals surface area contributed by atoms with Crippen LogP contribution in [0.1, 0.15) is 0 Å². The van der Waals surface area contributed by atoms with Gasteiger partial charge in [0.05, 0.1) is 30.2 Å². The lowest BCUT2D eigenvalue weighted by atomic mass is 10.1. The molecule has 0 saturated heterocycles. The van der Waals surface area contributed by atoms with Crippen molar-refractivity contribution in [2.45, 2.75) is 0 Å². The second-order valence-corrected chi connectivity index (χ2v) is 13.1. The molecule has 0 radical (unpaired) electrons. The summed E-state index contributed by atoms with van der Waals surface area (Å²) < 4.78 is 2.39. The molecule has 0 fully saturated rings. The smallest absolute Gasteiger partial charge is 0.134 e. The van der Waals surface area contributed by atoms with Crippen LogP contribution in [-0.2, 0) is 0 Å². The number of hydrogen-bond acceptors (Lipinski definition) is 8.